The van der Waals surface area contributed by atoms with Crippen molar-refractivity contribution in [1.29, 1.82) is 0 Å². The number of allylic oxidation sites excluding steroid dienone is 1. The fourth-order valence-electron chi connectivity index (χ4n) is 4.80. The van der Waals surface area contributed by atoms with Gasteiger partial charge in [-0.25, -0.2) is 4.79 Å². The smallest absolute Gasteiger partial charge is 0.315 e. The van der Waals surface area contributed by atoms with Crippen molar-refractivity contribution in [2.24, 2.45) is 17.3 Å². The molecule has 0 aromatic carbocycles. The minimum absolute atomic E-state index is 0.108. The summed E-state index contributed by atoms with van der Waals surface area (Å²) in [7, 11) is 0. The zero-order valence-corrected chi connectivity index (χ0v) is 25.7. The zero-order valence-electron chi connectivity index (χ0n) is 24.2. The van der Waals surface area contributed by atoms with Gasteiger partial charge in [-0.3, -0.25) is 19.2 Å². The molecule has 5 atom stereocenters. The van der Waals surface area contributed by atoms with Crippen LogP contribution >= 0.6 is 23.2 Å². The number of amides is 5. The van der Waals surface area contributed by atoms with Gasteiger partial charge >= 0.3 is 6.03 Å². The minimum atomic E-state index is -1.21. The topological polar surface area (TPSA) is 137 Å². The molecule has 0 aromatic heterocycles. The van der Waals surface area contributed by atoms with Crippen molar-refractivity contribution in [2.45, 2.75) is 88.8 Å². The van der Waals surface area contributed by atoms with Crippen molar-refractivity contribution in [1.82, 2.24) is 26.2 Å². The summed E-state index contributed by atoms with van der Waals surface area (Å²) in [5.74, 6) is -3.67. The molecule has 5 amide bonds. The van der Waals surface area contributed by atoms with E-state index in [1.54, 1.807) is 32.9 Å². The number of hydrogen-bond donors (Lipinski definition) is 4. The average molecular weight is 601 g/mol. The first-order chi connectivity index (χ1) is 18.4. The fraction of sp³-hybridized carbons (Fsp3) is 0.679. The molecular formula is C28H43Cl2N5O5. The van der Waals surface area contributed by atoms with Crippen molar-refractivity contribution in [3.8, 4) is 0 Å². The van der Waals surface area contributed by atoms with E-state index >= 15 is 0 Å². The highest BCUT2D eigenvalue weighted by Gasteiger charge is 2.74. The molecule has 1 aliphatic heterocycles. The normalized spacial score (nSPS) is 22.7. The van der Waals surface area contributed by atoms with Gasteiger partial charge in [-0.15, -0.1) is 36.4 Å². The Bertz CT molecular complexity index is 1030. The van der Waals surface area contributed by atoms with Gasteiger partial charge in [0.1, 0.15) is 16.4 Å². The molecule has 0 aromatic rings. The molecule has 2 fully saturated rings. The molecule has 0 spiro atoms. The number of likely N-dealkylation sites (tertiary alicyclic amines) is 1. The first kappa shape index (κ1) is 33.6. The third kappa shape index (κ3) is 8.22. The Labute approximate surface area is 247 Å². The van der Waals surface area contributed by atoms with E-state index in [9.17, 15) is 24.0 Å². The number of nitrogens with one attached hydrogen (secondary N) is 4. The number of urea groups is 1. The molecule has 1 saturated heterocycles. The molecule has 1 saturated carbocycles. The highest BCUT2D eigenvalue weighted by molar-refractivity contribution is 6.51. The summed E-state index contributed by atoms with van der Waals surface area (Å²) in [5.41, 5.74) is -1.24. The number of piperidine rings is 1. The van der Waals surface area contributed by atoms with Gasteiger partial charge in [0.25, 0.3) is 5.91 Å². The summed E-state index contributed by atoms with van der Waals surface area (Å²) in [6.45, 7) is 18.4. The molecule has 0 radical (unpaired) electrons. The van der Waals surface area contributed by atoms with E-state index in [2.05, 4.69) is 34.4 Å². The van der Waals surface area contributed by atoms with Gasteiger partial charge in [-0.2, -0.15) is 0 Å². The van der Waals surface area contributed by atoms with Crippen LogP contribution in [0.5, 0.6) is 0 Å². The molecule has 1 heterocycles. The number of rotatable bonds is 12. The van der Waals surface area contributed by atoms with E-state index in [0.29, 0.717) is 12.8 Å². The summed E-state index contributed by atoms with van der Waals surface area (Å²) in [4.78, 5) is 67.0. The predicted molar refractivity (Wildman–Crippen MR) is 156 cm³/mol. The van der Waals surface area contributed by atoms with E-state index in [1.807, 2.05) is 20.8 Å². The summed E-state index contributed by atoms with van der Waals surface area (Å²) in [6, 6.07) is -3.73. The lowest BCUT2D eigenvalue weighted by molar-refractivity contribution is -0.144. The van der Waals surface area contributed by atoms with Crippen LogP contribution in [0.3, 0.4) is 0 Å². The highest BCUT2D eigenvalue weighted by atomic mass is 35.5. The predicted octanol–water partition coefficient (Wildman–Crippen LogP) is 2.84. The largest absolute Gasteiger partial charge is 0.349 e. The number of hydrogen-bond acceptors (Lipinski definition) is 5. The van der Waals surface area contributed by atoms with Crippen LogP contribution in [0.1, 0.15) is 60.8 Å². The molecule has 40 heavy (non-hydrogen) atoms. The summed E-state index contributed by atoms with van der Waals surface area (Å²) in [6.07, 6.45) is 4.18. The minimum Gasteiger partial charge on any atom is -0.349 e. The summed E-state index contributed by atoms with van der Waals surface area (Å²) in [5, 5.41) is 10.7. The van der Waals surface area contributed by atoms with Crippen LogP contribution in [0.15, 0.2) is 25.3 Å². The SMILES string of the molecule is C=CCCNC(=O)C(=O)C(CCC=C)NC(=O)[C@@H]1[C@@H]2[C@H](CN1C(=O)[C@@H](NC(=O)NC(C)(C)C)C(C)(C)C)C2(Cl)Cl. The number of ketones is 1. The molecular weight excluding hydrogens is 557 g/mol. The molecule has 4 N–H and O–H groups in total. The Morgan fingerprint density at radius 2 is 1.60 bits per heavy atom. The van der Waals surface area contributed by atoms with E-state index in [4.69, 9.17) is 23.2 Å². The third-order valence-corrected chi connectivity index (χ3v) is 7.98. The Morgan fingerprint density at radius 3 is 2.12 bits per heavy atom. The first-order valence-electron chi connectivity index (χ1n) is 13.5. The Balaban J connectivity index is 2.30. The third-order valence-electron chi connectivity index (χ3n) is 6.91. The quantitative estimate of drug-likeness (QED) is 0.118. The standard InChI is InChI=1S/C28H43Cl2N5O5/c1-9-11-13-17(20(36)23(38)31-14-12-10-2)32-22(37)19-18-16(28(18,29)30)15-35(19)24(39)21(26(3,4)5)33-25(40)34-27(6,7)8/h9-10,16-19,21H,1-2,11-15H2,3-8H3,(H,31,38)(H,32,37)(H2,33,34,40)/t16-,17?,18-,19-,21+/m0/s1. The van der Waals surface area contributed by atoms with Crippen LogP contribution in [-0.4, -0.2) is 75.5 Å². The van der Waals surface area contributed by atoms with Gasteiger partial charge in [0.2, 0.25) is 17.6 Å². The monoisotopic (exact) mass is 599 g/mol. The van der Waals surface area contributed by atoms with Crippen molar-refractivity contribution >= 4 is 52.7 Å². The Morgan fingerprint density at radius 1 is 1.00 bits per heavy atom. The summed E-state index contributed by atoms with van der Waals surface area (Å²) >= 11 is 12.9. The number of carbonyl (C=O) groups is 5. The molecule has 12 heteroatoms. The van der Waals surface area contributed by atoms with Crippen LogP contribution in [0.2, 0.25) is 0 Å². The molecule has 224 valence electrons. The van der Waals surface area contributed by atoms with Crippen molar-refractivity contribution in [3.05, 3.63) is 25.3 Å². The van der Waals surface area contributed by atoms with Gasteiger partial charge in [-0.1, -0.05) is 32.9 Å². The van der Waals surface area contributed by atoms with Crippen LogP contribution in [0.4, 0.5) is 4.79 Å². The van der Waals surface area contributed by atoms with Gasteiger partial charge in [-0.05, 0) is 45.4 Å². The second-order valence-corrected chi connectivity index (χ2v) is 14.0. The zero-order chi connectivity index (χ0) is 30.6. The van der Waals surface area contributed by atoms with Crippen LogP contribution in [-0.2, 0) is 19.2 Å². The number of fused-ring (bicyclic) bond motifs is 1. The van der Waals surface area contributed by atoms with Crippen LogP contribution in [0.25, 0.3) is 0 Å². The molecule has 10 nitrogen and oxygen atoms in total. The molecule has 1 unspecified atom stereocenters. The fourth-order valence-corrected chi connectivity index (χ4v) is 5.63. The van der Waals surface area contributed by atoms with Crippen LogP contribution in [0, 0.1) is 17.3 Å². The maximum Gasteiger partial charge on any atom is 0.315 e. The number of halogens is 2. The molecule has 2 aliphatic rings. The van der Waals surface area contributed by atoms with Crippen molar-refractivity contribution < 1.29 is 24.0 Å². The summed E-state index contributed by atoms with van der Waals surface area (Å²) < 4.78 is -1.21. The van der Waals surface area contributed by atoms with E-state index < -0.39 is 68.9 Å². The average Bonchev–Trinajstić information content (AvgIpc) is 3.15. The maximum atomic E-state index is 13.9. The van der Waals surface area contributed by atoms with Crippen LogP contribution < -0.4 is 21.3 Å². The van der Waals surface area contributed by atoms with E-state index in [0.717, 1.165) is 0 Å². The van der Waals surface area contributed by atoms with Crippen molar-refractivity contribution in [3.63, 3.8) is 0 Å². The van der Waals surface area contributed by atoms with Gasteiger partial charge in [0, 0.05) is 30.5 Å². The molecule has 1 aliphatic carbocycles. The Hall–Kier alpha value is -2.59. The number of carbonyl (C=O) groups excluding carboxylic acids is 5. The maximum absolute atomic E-state index is 13.9. The second-order valence-electron chi connectivity index (χ2n) is 12.5. The first-order valence-corrected chi connectivity index (χ1v) is 14.2. The van der Waals surface area contributed by atoms with Gasteiger partial charge < -0.3 is 26.2 Å². The molecule has 2 rings (SSSR count). The lowest BCUT2D eigenvalue weighted by atomic mass is 9.85. The number of Topliss-reactive ketones (excluding diaryl/α,β-unsaturated/α-hetero) is 1. The van der Waals surface area contributed by atoms with Gasteiger partial charge in [0.05, 0.1) is 6.04 Å². The second kappa shape index (κ2) is 12.9. The lowest BCUT2D eigenvalue weighted by Crippen LogP contribution is -2.62. The van der Waals surface area contributed by atoms with Crippen molar-refractivity contribution in [2.75, 3.05) is 13.1 Å². The lowest BCUT2D eigenvalue weighted by Gasteiger charge is -2.38. The Kier molecular flexibility index (Phi) is 10.9. The number of nitrogens with zero attached hydrogens (tertiary/aromatic N) is 1. The van der Waals surface area contributed by atoms with E-state index in [-0.39, 0.29) is 25.4 Å². The molecule has 0 bridgehead atoms. The number of alkyl halides is 2. The van der Waals surface area contributed by atoms with Gasteiger partial charge in [0.15, 0.2) is 0 Å². The van der Waals surface area contributed by atoms with E-state index in [1.165, 1.54) is 4.90 Å². The highest BCUT2D eigenvalue weighted by Crippen LogP contribution is 2.65.